The number of aromatic nitrogens is 2. The van der Waals surface area contributed by atoms with E-state index >= 15 is 0 Å². The van der Waals surface area contributed by atoms with Crippen molar-refractivity contribution in [3.05, 3.63) is 95.8 Å². The van der Waals surface area contributed by atoms with Crippen LogP contribution in [0.1, 0.15) is 27.8 Å². The van der Waals surface area contributed by atoms with E-state index in [4.69, 9.17) is 4.98 Å². The monoisotopic (exact) mass is 462 g/mol. The molecule has 1 heterocycles. The lowest BCUT2D eigenvalue weighted by molar-refractivity contribution is 0.0936. The van der Waals surface area contributed by atoms with Crippen LogP contribution in [0.25, 0.3) is 11.0 Å². The lowest BCUT2D eigenvalue weighted by atomic mass is 10.0. The number of sulfonamides is 1. The number of rotatable bonds is 7. The van der Waals surface area contributed by atoms with E-state index in [1.807, 2.05) is 66.2 Å². The fraction of sp³-hybridized carbons (Fsp3) is 0.200. The fourth-order valence-electron chi connectivity index (χ4n) is 3.75. The van der Waals surface area contributed by atoms with Crippen molar-refractivity contribution in [2.24, 2.45) is 7.05 Å². The third-order valence-corrected chi connectivity index (χ3v) is 7.46. The number of carbonyl (C=O) groups excluding carboxylic acids is 1. The number of hydrogen-bond donors (Lipinski definition) is 1. The van der Waals surface area contributed by atoms with Gasteiger partial charge in [0, 0.05) is 33.1 Å². The minimum absolute atomic E-state index is 0.0757. The summed E-state index contributed by atoms with van der Waals surface area (Å²) in [6, 6.07) is 23.3. The van der Waals surface area contributed by atoms with E-state index in [9.17, 15) is 13.2 Å². The SMILES string of the molecule is CN(C)S(=O)(=O)c1cccc(C(=O)N[C@H](Cc2nc3ccccc3n2C)c2ccccc2)c1. The molecule has 1 N–H and O–H groups in total. The second kappa shape index (κ2) is 9.17. The molecule has 4 rings (SSSR count). The van der Waals surface area contributed by atoms with Crippen LogP contribution in [-0.4, -0.2) is 42.3 Å². The predicted molar refractivity (Wildman–Crippen MR) is 128 cm³/mol. The molecule has 0 unspecified atom stereocenters. The molecule has 0 radical (unpaired) electrons. The Morgan fingerprint density at radius 2 is 1.70 bits per heavy atom. The molecule has 0 aliphatic carbocycles. The first-order chi connectivity index (χ1) is 15.8. The summed E-state index contributed by atoms with van der Waals surface area (Å²) >= 11 is 0. The predicted octanol–water partition coefficient (Wildman–Crippen LogP) is 3.54. The van der Waals surface area contributed by atoms with Crippen LogP contribution in [0, 0.1) is 0 Å². The minimum atomic E-state index is -3.64. The number of imidazole rings is 1. The fourth-order valence-corrected chi connectivity index (χ4v) is 4.70. The molecule has 0 spiro atoms. The molecule has 0 saturated heterocycles. The van der Waals surface area contributed by atoms with Gasteiger partial charge in [0.15, 0.2) is 0 Å². The van der Waals surface area contributed by atoms with Crippen molar-refractivity contribution in [2.75, 3.05) is 14.1 Å². The third-order valence-electron chi connectivity index (χ3n) is 5.65. The van der Waals surface area contributed by atoms with Gasteiger partial charge < -0.3 is 9.88 Å². The molecular formula is C25H26N4O3S. The van der Waals surface area contributed by atoms with Crippen LogP contribution < -0.4 is 5.32 Å². The van der Waals surface area contributed by atoms with Crippen LogP contribution in [0.3, 0.4) is 0 Å². The van der Waals surface area contributed by atoms with Crippen molar-refractivity contribution in [1.82, 2.24) is 19.2 Å². The number of hydrogen-bond acceptors (Lipinski definition) is 4. The second-order valence-electron chi connectivity index (χ2n) is 8.03. The first kappa shape index (κ1) is 22.7. The molecule has 3 aromatic carbocycles. The standard InChI is InChI=1S/C25H26N4O3S/c1-28(2)33(31,32)20-13-9-12-19(16-20)25(30)27-22(18-10-5-4-6-11-18)17-24-26-21-14-7-8-15-23(21)29(24)3/h4-16,22H,17H2,1-3H3,(H,27,30)/t22-/m1/s1. The maximum absolute atomic E-state index is 13.2. The summed E-state index contributed by atoms with van der Waals surface area (Å²) in [5.74, 6) is 0.493. The highest BCUT2D eigenvalue weighted by Gasteiger charge is 2.22. The maximum Gasteiger partial charge on any atom is 0.251 e. The first-order valence-electron chi connectivity index (χ1n) is 10.6. The van der Waals surface area contributed by atoms with Crippen LogP contribution in [0.15, 0.2) is 83.8 Å². The van der Waals surface area contributed by atoms with Crippen molar-refractivity contribution in [3.8, 4) is 0 Å². The molecule has 1 aromatic heterocycles. The van der Waals surface area contributed by atoms with Gasteiger partial charge in [0.25, 0.3) is 5.91 Å². The molecular weight excluding hydrogens is 436 g/mol. The first-order valence-corrected chi connectivity index (χ1v) is 12.0. The van der Waals surface area contributed by atoms with Crippen molar-refractivity contribution in [3.63, 3.8) is 0 Å². The second-order valence-corrected chi connectivity index (χ2v) is 10.2. The highest BCUT2D eigenvalue weighted by atomic mass is 32.2. The summed E-state index contributed by atoms with van der Waals surface area (Å²) in [5, 5.41) is 3.08. The van der Waals surface area contributed by atoms with Gasteiger partial charge in [-0.2, -0.15) is 0 Å². The summed E-state index contributed by atoms with van der Waals surface area (Å²) in [5.41, 5.74) is 3.14. The topological polar surface area (TPSA) is 84.3 Å². The van der Waals surface area contributed by atoms with E-state index in [1.165, 1.54) is 26.2 Å². The molecule has 170 valence electrons. The van der Waals surface area contributed by atoms with E-state index < -0.39 is 10.0 Å². The summed E-state index contributed by atoms with van der Waals surface area (Å²) in [4.78, 5) is 18.0. The van der Waals surface area contributed by atoms with E-state index in [-0.39, 0.29) is 22.4 Å². The Morgan fingerprint density at radius 1 is 1.00 bits per heavy atom. The number of nitrogens with zero attached hydrogens (tertiary/aromatic N) is 3. The largest absolute Gasteiger partial charge is 0.345 e. The molecule has 0 aliphatic heterocycles. The van der Waals surface area contributed by atoms with Gasteiger partial charge in [-0.1, -0.05) is 48.5 Å². The van der Waals surface area contributed by atoms with Crippen LogP contribution in [0.2, 0.25) is 0 Å². The van der Waals surface area contributed by atoms with Crippen molar-refractivity contribution < 1.29 is 13.2 Å². The summed E-state index contributed by atoms with van der Waals surface area (Å²) in [6.45, 7) is 0. The van der Waals surface area contributed by atoms with Gasteiger partial charge in [0.1, 0.15) is 5.82 Å². The van der Waals surface area contributed by atoms with E-state index in [0.717, 1.165) is 26.7 Å². The van der Waals surface area contributed by atoms with Crippen LogP contribution in [0.5, 0.6) is 0 Å². The smallest absolute Gasteiger partial charge is 0.251 e. The van der Waals surface area contributed by atoms with E-state index in [0.29, 0.717) is 6.42 Å². The number of benzene rings is 3. The lowest BCUT2D eigenvalue weighted by Crippen LogP contribution is -2.31. The van der Waals surface area contributed by atoms with Gasteiger partial charge in [-0.3, -0.25) is 4.79 Å². The molecule has 0 fully saturated rings. The van der Waals surface area contributed by atoms with Gasteiger partial charge >= 0.3 is 0 Å². The van der Waals surface area contributed by atoms with Crippen molar-refractivity contribution in [1.29, 1.82) is 0 Å². The molecule has 0 bridgehead atoms. The quantitative estimate of drug-likeness (QED) is 0.455. The van der Waals surface area contributed by atoms with Gasteiger partial charge in [-0.15, -0.1) is 0 Å². The number of aryl methyl sites for hydroxylation is 1. The summed E-state index contributed by atoms with van der Waals surface area (Å²) in [6.07, 6.45) is 0.483. The highest BCUT2D eigenvalue weighted by Crippen LogP contribution is 2.22. The molecule has 1 atom stereocenters. The van der Waals surface area contributed by atoms with Gasteiger partial charge in [-0.25, -0.2) is 17.7 Å². The Hall–Kier alpha value is -3.49. The van der Waals surface area contributed by atoms with Crippen LogP contribution in [-0.2, 0) is 23.5 Å². The Morgan fingerprint density at radius 3 is 2.39 bits per heavy atom. The Kier molecular flexibility index (Phi) is 6.31. The zero-order chi connectivity index (χ0) is 23.6. The number of para-hydroxylation sites is 2. The number of fused-ring (bicyclic) bond motifs is 1. The van der Waals surface area contributed by atoms with Gasteiger partial charge in [0.2, 0.25) is 10.0 Å². The highest BCUT2D eigenvalue weighted by molar-refractivity contribution is 7.89. The normalized spacial score (nSPS) is 12.7. The van der Waals surface area contributed by atoms with E-state index in [2.05, 4.69) is 5.32 Å². The molecule has 0 aliphatic rings. The zero-order valence-corrected chi connectivity index (χ0v) is 19.6. The Bertz CT molecular complexity index is 1400. The van der Waals surface area contributed by atoms with Crippen molar-refractivity contribution in [2.45, 2.75) is 17.4 Å². The number of nitrogens with one attached hydrogen (secondary N) is 1. The lowest BCUT2D eigenvalue weighted by Gasteiger charge is -2.20. The zero-order valence-electron chi connectivity index (χ0n) is 18.8. The molecule has 0 saturated carbocycles. The Labute approximate surface area is 193 Å². The summed E-state index contributed by atoms with van der Waals surface area (Å²) < 4.78 is 28.2. The van der Waals surface area contributed by atoms with Crippen LogP contribution in [0.4, 0.5) is 0 Å². The average Bonchev–Trinajstić information content (AvgIpc) is 3.14. The van der Waals surface area contributed by atoms with Gasteiger partial charge in [-0.05, 0) is 35.9 Å². The third kappa shape index (κ3) is 4.67. The molecule has 4 aromatic rings. The van der Waals surface area contributed by atoms with Gasteiger partial charge in [0.05, 0.1) is 22.0 Å². The average molecular weight is 463 g/mol. The molecule has 7 nitrogen and oxygen atoms in total. The summed E-state index contributed by atoms with van der Waals surface area (Å²) in [7, 11) is 1.25. The maximum atomic E-state index is 13.2. The Balaban J connectivity index is 1.65. The number of amides is 1. The molecule has 1 amide bonds. The molecule has 8 heteroatoms. The van der Waals surface area contributed by atoms with E-state index in [1.54, 1.807) is 12.1 Å². The molecule has 33 heavy (non-hydrogen) atoms. The van der Waals surface area contributed by atoms with Crippen molar-refractivity contribution >= 4 is 27.0 Å². The number of carbonyl (C=O) groups is 1. The van der Waals surface area contributed by atoms with Crippen LogP contribution >= 0.6 is 0 Å². The minimum Gasteiger partial charge on any atom is -0.345 e.